The Labute approximate surface area is 137 Å². The number of nitrogens with two attached hydrogens (primary N) is 1. The highest BCUT2D eigenvalue weighted by Gasteiger charge is 2.13. The summed E-state index contributed by atoms with van der Waals surface area (Å²) in [6.45, 7) is 1.91. The summed E-state index contributed by atoms with van der Waals surface area (Å²) in [4.78, 5) is 12.1. The lowest BCUT2D eigenvalue weighted by molar-refractivity contribution is -0.116. The molecule has 0 radical (unpaired) electrons. The maximum absolute atomic E-state index is 12.1. The molecule has 1 atom stereocenters. The normalized spacial score (nSPS) is 12.0. The van der Waals surface area contributed by atoms with Crippen LogP contribution >= 0.6 is 27.5 Å². The van der Waals surface area contributed by atoms with Crippen LogP contribution in [0.5, 0.6) is 0 Å². The summed E-state index contributed by atoms with van der Waals surface area (Å²) >= 11 is 9.49. The predicted molar refractivity (Wildman–Crippen MR) is 90.5 cm³/mol. The fourth-order valence-corrected chi connectivity index (χ4v) is 2.68. The summed E-state index contributed by atoms with van der Waals surface area (Å²) in [7, 11) is 0. The van der Waals surface area contributed by atoms with Gasteiger partial charge in [-0.2, -0.15) is 0 Å². The van der Waals surface area contributed by atoms with Crippen LogP contribution in [-0.2, 0) is 4.79 Å². The average Bonchev–Trinajstić information content (AvgIpc) is 2.45. The number of carbonyl (C=O) groups is 1. The summed E-state index contributed by atoms with van der Waals surface area (Å²) < 4.78 is 0.797. The molecule has 5 heteroatoms. The molecular weight excluding hydrogens is 352 g/mol. The van der Waals surface area contributed by atoms with Crippen molar-refractivity contribution in [1.29, 1.82) is 0 Å². The molecule has 1 unspecified atom stereocenters. The summed E-state index contributed by atoms with van der Waals surface area (Å²) in [6.07, 6.45) is 0.210. The second kappa shape index (κ2) is 7.07. The molecule has 0 aliphatic rings. The van der Waals surface area contributed by atoms with Gasteiger partial charge in [0.05, 0.1) is 5.69 Å². The third-order valence-corrected chi connectivity index (χ3v) is 4.22. The van der Waals surface area contributed by atoms with Gasteiger partial charge in [-0.25, -0.2) is 0 Å². The standard InChI is InChI=1S/C16H16BrClN2O/c1-10-7-12(17)15(8-13(10)18)20-16(21)9-14(19)11-5-3-2-4-6-11/h2-8,14H,9,19H2,1H3,(H,20,21). The summed E-state index contributed by atoms with van der Waals surface area (Å²) in [6, 6.07) is 12.8. The quantitative estimate of drug-likeness (QED) is 0.839. The van der Waals surface area contributed by atoms with Crippen LogP contribution in [0.4, 0.5) is 5.69 Å². The number of benzene rings is 2. The highest BCUT2D eigenvalue weighted by Crippen LogP contribution is 2.29. The smallest absolute Gasteiger partial charge is 0.226 e. The molecule has 3 N–H and O–H groups in total. The molecule has 0 spiro atoms. The average molecular weight is 368 g/mol. The fraction of sp³-hybridized carbons (Fsp3) is 0.188. The fourth-order valence-electron chi connectivity index (χ4n) is 1.96. The Hall–Kier alpha value is -1.36. The molecular formula is C16H16BrClN2O. The van der Waals surface area contributed by atoms with Crippen LogP contribution in [0, 0.1) is 6.92 Å². The van der Waals surface area contributed by atoms with Gasteiger partial charge in [-0.15, -0.1) is 0 Å². The molecule has 2 aromatic rings. The third kappa shape index (κ3) is 4.30. The van der Waals surface area contributed by atoms with Crippen molar-refractivity contribution in [1.82, 2.24) is 0 Å². The topological polar surface area (TPSA) is 55.1 Å². The van der Waals surface area contributed by atoms with Crippen LogP contribution in [0.3, 0.4) is 0 Å². The van der Waals surface area contributed by atoms with Crippen molar-refractivity contribution in [3.8, 4) is 0 Å². The molecule has 3 nitrogen and oxygen atoms in total. The molecule has 2 rings (SSSR count). The Balaban J connectivity index is 2.04. The summed E-state index contributed by atoms with van der Waals surface area (Å²) in [5.41, 5.74) is 8.58. The lowest BCUT2D eigenvalue weighted by Gasteiger charge is -2.13. The first-order chi connectivity index (χ1) is 9.97. The number of rotatable bonds is 4. The van der Waals surface area contributed by atoms with E-state index in [1.165, 1.54) is 0 Å². The van der Waals surface area contributed by atoms with Crippen molar-refractivity contribution >= 4 is 39.1 Å². The van der Waals surface area contributed by atoms with E-state index in [1.54, 1.807) is 6.07 Å². The minimum atomic E-state index is -0.328. The van der Waals surface area contributed by atoms with Gasteiger partial charge in [0.1, 0.15) is 0 Å². The van der Waals surface area contributed by atoms with E-state index < -0.39 is 0 Å². The Kier molecular flexibility index (Phi) is 5.39. The van der Waals surface area contributed by atoms with Crippen molar-refractivity contribution in [2.45, 2.75) is 19.4 Å². The maximum Gasteiger partial charge on any atom is 0.226 e. The molecule has 0 aliphatic carbocycles. The molecule has 21 heavy (non-hydrogen) atoms. The molecule has 0 aromatic heterocycles. The van der Waals surface area contributed by atoms with Crippen LogP contribution in [0.15, 0.2) is 46.9 Å². The highest BCUT2D eigenvalue weighted by molar-refractivity contribution is 9.10. The summed E-state index contributed by atoms with van der Waals surface area (Å²) in [5.74, 6) is -0.146. The lowest BCUT2D eigenvalue weighted by Crippen LogP contribution is -2.20. The van der Waals surface area contributed by atoms with Gasteiger partial charge in [0.15, 0.2) is 0 Å². The van der Waals surface area contributed by atoms with Crippen molar-refractivity contribution in [2.24, 2.45) is 5.73 Å². The van der Waals surface area contributed by atoms with E-state index in [-0.39, 0.29) is 18.4 Å². The monoisotopic (exact) mass is 366 g/mol. The molecule has 0 aliphatic heterocycles. The minimum Gasteiger partial charge on any atom is -0.325 e. The minimum absolute atomic E-state index is 0.146. The van der Waals surface area contributed by atoms with E-state index in [1.807, 2.05) is 43.3 Å². The van der Waals surface area contributed by atoms with E-state index in [4.69, 9.17) is 17.3 Å². The van der Waals surface area contributed by atoms with Crippen molar-refractivity contribution in [3.63, 3.8) is 0 Å². The van der Waals surface area contributed by atoms with Crippen LogP contribution in [0.2, 0.25) is 5.02 Å². The van der Waals surface area contributed by atoms with Gasteiger partial charge in [-0.05, 0) is 46.1 Å². The van der Waals surface area contributed by atoms with Gasteiger partial charge in [-0.3, -0.25) is 4.79 Å². The summed E-state index contributed by atoms with van der Waals surface area (Å²) in [5, 5.41) is 3.44. The first-order valence-corrected chi connectivity index (χ1v) is 7.70. The van der Waals surface area contributed by atoms with Crippen molar-refractivity contribution in [3.05, 3.63) is 63.1 Å². The third-order valence-electron chi connectivity index (χ3n) is 3.16. The molecule has 0 heterocycles. The van der Waals surface area contributed by atoms with Crippen LogP contribution in [-0.4, -0.2) is 5.91 Å². The zero-order valence-corrected chi connectivity index (χ0v) is 13.9. The number of hydrogen-bond donors (Lipinski definition) is 2. The molecule has 110 valence electrons. The first-order valence-electron chi connectivity index (χ1n) is 6.53. The second-order valence-corrected chi connectivity index (χ2v) is 6.11. The van der Waals surface area contributed by atoms with E-state index in [2.05, 4.69) is 21.2 Å². The number of halogens is 2. The number of amides is 1. The largest absolute Gasteiger partial charge is 0.325 e. The van der Waals surface area contributed by atoms with E-state index >= 15 is 0 Å². The van der Waals surface area contributed by atoms with E-state index in [0.29, 0.717) is 10.7 Å². The molecule has 0 fully saturated rings. The van der Waals surface area contributed by atoms with Crippen LogP contribution in [0.25, 0.3) is 0 Å². The Bertz CT molecular complexity index is 646. The predicted octanol–water partition coefficient (Wildman–Crippen LogP) is 4.44. The van der Waals surface area contributed by atoms with Gasteiger partial charge in [-0.1, -0.05) is 41.9 Å². The Morgan fingerprint density at radius 1 is 1.33 bits per heavy atom. The number of nitrogens with one attached hydrogen (secondary N) is 1. The zero-order valence-electron chi connectivity index (χ0n) is 11.6. The van der Waals surface area contributed by atoms with Crippen LogP contribution in [0.1, 0.15) is 23.6 Å². The Morgan fingerprint density at radius 3 is 2.67 bits per heavy atom. The molecule has 0 bridgehead atoms. The van der Waals surface area contributed by atoms with Gasteiger partial charge in [0, 0.05) is 22.0 Å². The van der Waals surface area contributed by atoms with Gasteiger partial charge >= 0.3 is 0 Å². The molecule has 2 aromatic carbocycles. The molecule has 0 saturated heterocycles. The molecule has 1 amide bonds. The van der Waals surface area contributed by atoms with Crippen molar-refractivity contribution < 1.29 is 4.79 Å². The second-order valence-electron chi connectivity index (χ2n) is 4.85. The molecule has 0 saturated carbocycles. The van der Waals surface area contributed by atoms with Gasteiger partial charge in [0.2, 0.25) is 5.91 Å². The number of aryl methyl sites for hydroxylation is 1. The first kappa shape index (κ1) is 16.0. The number of anilines is 1. The lowest BCUT2D eigenvalue weighted by atomic mass is 10.0. The highest BCUT2D eigenvalue weighted by atomic mass is 79.9. The zero-order chi connectivity index (χ0) is 15.4. The van der Waals surface area contributed by atoms with Gasteiger partial charge in [0.25, 0.3) is 0 Å². The van der Waals surface area contributed by atoms with Gasteiger partial charge < -0.3 is 11.1 Å². The SMILES string of the molecule is Cc1cc(Br)c(NC(=O)CC(N)c2ccccc2)cc1Cl. The number of carbonyl (C=O) groups excluding carboxylic acids is 1. The maximum atomic E-state index is 12.1. The number of hydrogen-bond acceptors (Lipinski definition) is 2. The Morgan fingerprint density at radius 2 is 2.00 bits per heavy atom. The van der Waals surface area contributed by atoms with E-state index in [0.717, 1.165) is 15.6 Å². The van der Waals surface area contributed by atoms with Crippen LogP contribution < -0.4 is 11.1 Å². The van der Waals surface area contributed by atoms with Crippen molar-refractivity contribution in [2.75, 3.05) is 5.32 Å². The van der Waals surface area contributed by atoms with E-state index in [9.17, 15) is 4.79 Å².